The molecule has 0 spiro atoms. The highest BCUT2D eigenvalue weighted by Crippen LogP contribution is 2.36. The average Bonchev–Trinajstić information content (AvgIpc) is 2.74. The molecule has 0 amide bonds. The summed E-state index contributed by atoms with van der Waals surface area (Å²) >= 11 is 0. The van der Waals surface area contributed by atoms with Gasteiger partial charge in [0.1, 0.15) is 0 Å². The van der Waals surface area contributed by atoms with E-state index in [9.17, 15) is 5.11 Å². The number of aliphatic hydroxyl groups is 1. The van der Waals surface area contributed by atoms with E-state index in [4.69, 9.17) is 4.98 Å². The molecule has 3 nitrogen and oxygen atoms in total. The predicted molar refractivity (Wildman–Crippen MR) is 78.3 cm³/mol. The minimum Gasteiger partial charge on any atom is -0.393 e. The maximum Gasteiger partial charge on any atom is 0.0581 e. The summed E-state index contributed by atoms with van der Waals surface area (Å²) < 4.78 is 0. The molecule has 3 heteroatoms. The third-order valence-corrected chi connectivity index (χ3v) is 3.93. The summed E-state index contributed by atoms with van der Waals surface area (Å²) in [6, 6.07) is 4.40. The fourth-order valence-corrected chi connectivity index (χ4v) is 2.89. The lowest BCUT2D eigenvalue weighted by Gasteiger charge is -2.19. The molecule has 1 aliphatic carbocycles. The molecule has 1 aromatic heterocycles. The van der Waals surface area contributed by atoms with Gasteiger partial charge in [0.2, 0.25) is 0 Å². The molecule has 1 aromatic rings. The molecule has 1 fully saturated rings. The molecule has 0 aliphatic heterocycles. The second-order valence-corrected chi connectivity index (χ2v) is 6.33. The number of aliphatic hydroxyl groups excluding tert-OH is 1. The van der Waals surface area contributed by atoms with Crippen molar-refractivity contribution in [1.82, 2.24) is 9.88 Å². The lowest BCUT2D eigenvalue weighted by atomic mass is 9.94. The van der Waals surface area contributed by atoms with Crippen molar-refractivity contribution in [3.63, 3.8) is 0 Å². The molecule has 1 saturated carbocycles. The summed E-state index contributed by atoms with van der Waals surface area (Å²) in [5.41, 5.74) is 3.70. The first kappa shape index (κ1) is 14.5. The van der Waals surface area contributed by atoms with E-state index in [2.05, 4.69) is 45.0 Å². The van der Waals surface area contributed by atoms with Gasteiger partial charge in [0.05, 0.1) is 11.8 Å². The Morgan fingerprint density at radius 2 is 2.05 bits per heavy atom. The van der Waals surface area contributed by atoms with Crippen LogP contribution in [0.25, 0.3) is 0 Å². The Kier molecular flexibility index (Phi) is 4.58. The maximum absolute atomic E-state index is 9.75. The van der Waals surface area contributed by atoms with Gasteiger partial charge < -0.3 is 10.0 Å². The summed E-state index contributed by atoms with van der Waals surface area (Å²) in [5, 5.41) is 9.75. The Hall–Kier alpha value is -0.930. The Bertz CT molecular complexity index is 429. The first-order chi connectivity index (χ1) is 8.97. The van der Waals surface area contributed by atoms with Gasteiger partial charge in [-0.05, 0) is 56.8 Å². The van der Waals surface area contributed by atoms with Gasteiger partial charge in [-0.25, -0.2) is 0 Å². The Morgan fingerprint density at radius 3 is 2.58 bits per heavy atom. The molecule has 0 aromatic carbocycles. The zero-order valence-electron chi connectivity index (χ0n) is 12.6. The lowest BCUT2D eigenvalue weighted by Crippen LogP contribution is -2.16. The zero-order valence-corrected chi connectivity index (χ0v) is 12.6. The van der Waals surface area contributed by atoms with Crippen molar-refractivity contribution < 1.29 is 5.11 Å². The molecule has 106 valence electrons. The van der Waals surface area contributed by atoms with Crippen LogP contribution in [0.1, 0.15) is 61.9 Å². The third-order valence-electron chi connectivity index (χ3n) is 3.93. The number of aromatic nitrogens is 1. The highest BCUT2D eigenvalue weighted by Gasteiger charge is 2.26. The van der Waals surface area contributed by atoms with Gasteiger partial charge in [0.25, 0.3) is 0 Å². The number of nitrogens with zero attached hydrogens (tertiary/aromatic N) is 2. The summed E-state index contributed by atoms with van der Waals surface area (Å²) in [6.45, 7) is 5.24. The predicted octanol–water partition coefficient (Wildman–Crippen LogP) is 2.90. The number of hydrogen-bond acceptors (Lipinski definition) is 3. The number of pyridine rings is 1. The van der Waals surface area contributed by atoms with E-state index < -0.39 is 0 Å². The molecule has 1 N–H and O–H groups in total. The average molecular weight is 262 g/mol. The SMILES string of the molecule is CC(C)c1ccc(C2CC[C@H](O)C2)c(CN(C)C)n1. The summed E-state index contributed by atoms with van der Waals surface area (Å²) in [4.78, 5) is 7.03. The van der Waals surface area contributed by atoms with Crippen molar-refractivity contribution >= 4 is 0 Å². The van der Waals surface area contributed by atoms with Crippen molar-refractivity contribution in [3.05, 3.63) is 29.1 Å². The van der Waals surface area contributed by atoms with Crippen molar-refractivity contribution in [1.29, 1.82) is 0 Å². The molecule has 0 bridgehead atoms. The van der Waals surface area contributed by atoms with E-state index in [-0.39, 0.29) is 6.10 Å². The van der Waals surface area contributed by atoms with E-state index in [1.54, 1.807) is 0 Å². The number of rotatable bonds is 4. The van der Waals surface area contributed by atoms with Crippen molar-refractivity contribution in [3.8, 4) is 0 Å². The van der Waals surface area contributed by atoms with Crippen LogP contribution in [0.5, 0.6) is 0 Å². The van der Waals surface area contributed by atoms with Crippen LogP contribution in [0, 0.1) is 0 Å². The summed E-state index contributed by atoms with van der Waals surface area (Å²) in [6.07, 6.45) is 2.79. The van der Waals surface area contributed by atoms with Crippen LogP contribution < -0.4 is 0 Å². The molecular weight excluding hydrogens is 236 g/mol. The first-order valence-electron chi connectivity index (χ1n) is 7.30. The number of hydrogen-bond donors (Lipinski definition) is 1. The second-order valence-electron chi connectivity index (χ2n) is 6.33. The molecule has 1 aliphatic rings. The van der Waals surface area contributed by atoms with Crippen LogP contribution >= 0.6 is 0 Å². The molecule has 1 unspecified atom stereocenters. The van der Waals surface area contributed by atoms with Gasteiger partial charge in [-0.15, -0.1) is 0 Å². The van der Waals surface area contributed by atoms with Crippen LogP contribution in [0.4, 0.5) is 0 Å². The molecular formula is C16H26N2O. The monoisotopic (exact) mass is 262 g/mol. The van der Waals surface area contributed by atoms with Crippen LogP contribution in [0.3, 0.4) is 0 Å². The van der Waals surface area contributed by atoms with Gasteiger partial charge >= 0.3 is 0 Å². The van der Waals surface area contributed by atoms with Gasteiger partial charge in [0.15, 0.2) is 0 Å². The van der Waals surface area contributed by atoms with Crippen LogP contribution in [0.2, 0.25) is 0 Å². The standard InChI is InChI=1S/C16H26N2O/c1-11(2)15-8-7-14(12-5-6-13(19)9-12)16(17-15)10-18(3)4/h7-8,11-13,19H,5-6,9-10H2,1-4H3/t12?,13-/m0/s1. The second kappa shape index (κ2) is 6.02. The van der Waals surface area contributed by atoms with Crippen LogP contribution in [-0.2, 0) is 6.54 Å². The highest BCUT2D eigenvalue weighted by molar-refractivity contribution is 5.29. The molecule has 0 radical (unpaired) electrons. The molecule has 0 saturated heterocycles. The smallest absolute Gasteiger partial charge is 0.0581 e. The Balaban J connectivity index is 2.30. The molecule has 2 rings (SSSR count). The first-order valence-corrected chi connectivity index (χ1v) is 7.30. The topological polar surface area (TPSA) is 36.4 Å². The summed E-state index contributed by atoms with van der Waals surface area (Å²) in [7, 11) is 4.16. The fraction of sp³-hybridized carbons (Fsp3) is 0.688. The minimum absolute atomic E-state index is 0.123. The summed E-state index contributed by atoms with van der Waals surface area (Å²) in [5.74, 6) is 0.947. The normalized spacial score (nSPS) is 23.5. The van der Waals surface area contributed by atoms with E-state index in [1.807, 2.05) is 0 Å². The van der Waals surface area contributed by atoms with Crippen molar-refractivity contribution in [2.45, 2.75) is 57.6 Å². The quantitative estimate of drug-likeness (QED) is 0.906. The fourth-order valence-electron chi connectivity index (χ4n) is 2.89. The van der Waals surface area contributed by atoms with E-state index in [0.29, 0.717) is 11.8 Å². The molecule has 1 heterocycles. The zero-order chi connectivity index (χ0) is 14.0. The Labute approximate surface area is 116 Å². The van der Waals surface area contributed by atoms with Crippen molar-refractivity contribution in [2.24, 2.45) is 0 Å². The lowest BCUT2D eigenvalue weighted by molar-refractivity contribution is 0.181. The van der Waals surface area contributed by atoms with E-state index >= 15 is 0 Å². The largest absolute Gasteiger partial charge is 0.393 e. The van der Waals surface area contributed by atoms with Crippen molar-refractivity contribution in [2.75, 3.05) is 14.1 Å². The van der Waals surface area contributed by atoms with Gasteiger partial charge in [0, 0.05) is 12.2 Å². The maximum atomic E-state index is 9.75. The molecule has 19 heavy (non-hydrogen) atoms. The van der Waals surface area contributed by atoms with Gasteiger partial charge in [-0.1, -0.05) is 19.9 Å². The molecule has 2 atom stereocenters. The highest BCUT2D eigenvalue weighted by atomic mass is 16.3. The minimum atomic E-state index is -0.123. The van der Waals surface area contributed by atoms with E-state index in [1.165, 1.54) is 17.0 Å². The Morgan fingerprint density at radius 1 is 1.32 bits per heavy atom. The van der Waals surface area contributed by atoms with Gasteiger partial charge in [-0.3, -0.25) is 4.98 Å². The third kappa shape index (κ3) is 3.54. The van der Waals surface area contributed by atoms with Crippen LogP contribution in [-0.4, -0.2) is 35.2 Å². The van der Waals surface area contributed by atoms with Gasteiger partial charge in [-0.2, -0.15) is 0 Å². The van der Waals surface area contributed by atoms with Crippen LogP contribution in [0.15, 0.2) is 12.1 Å². The van der Waals surface area contributed by atoms with E-state index in [0.717, 1.165) is 25.8 Å².